The molecule has 0 saturated heterocycles. The van der Waals surface area contributed by atoms with Gasteiger partial charge in [0.15, 0.2) is 11.5 Å². The fourth-order valence-electron chi connectivity index (χ4n) is 2.37. The molecule has 0 heterocycles. The number of amides is 1. The second kappa shape index (κ2) is 8.64. The van der Waals surface area contributed by atoms with Crippen LogP contribution < -0.4 is 14.8 Å². The molecule has 0 unspecified atom stereocenters. The molecule has 0 radical (unpaired) electrons. The lowest BCUT2D eigenvalue weighted by atomic mass is 10.1. The second-order valence-corrected chi connectivity index (χ2v) is 7.12. The summed E-state index contributed by atoms with van der Waals surface area (Å²) in [7, 11) is 3.19. The Morgan fingerprint density at radius 3 is 2.50 bits per heavy atom. The number of hydrogen-bond acceptors (Lipinski definition) is 4. The molecule has 0 aliphatic rings. The summed E-state index contributed by atoms with van der Waals surface area (Å²) in [4.78, 5) is 13.6. The molecule has 2 rings (SSSR count). The van der Waals surface area contributed by atoms with E-state index >= 15 is 0 Å². The van der Waals surface area contributed by atoms with Crippen LogP contribution in [-0.4, -0.2) is 25.4 Å². The number of carbonyl (C=O) groups is 1. The summed E-state index contributed by atoms with van der Waals surface area (Å²) in [6, 6.07) is 13.3. The van der Waals surface area contributed by atoms with Crippen molar-refractivity contribution >= 4 is 17.7 Å². The van der Waals surface area contributed by atoms with Crippen molar-refractivity contribution in [3.05, 3.63) is 53.6 Å². The molecule has 0 spiro atoms. The molecule has 5 heteroatoms. The Morgan fingerprint density at radius 1 is 1.08 bits per heavy atom. The van der Waals surface area contributed by atoms with E-state index in [0.29, 0.717) is 28.9 Å². The predicted molar refractivity (Wildman–Crippen MR) is 98.2 cm³/mol. The Morgan fingerprint density at radius 2 is 1.83 bits per heavy atom. The minimum Gasteiger partial charge on any atom is -0.493 e. The van der Waals surface area contributed by atoms with E-state index in [0.717, 1.165) is 10.5 Å². The first kappa shape index (κ1) is 18.2. The number of rotatable bonds is 7. The Balaban J connectivity index is 2.15. The number of benzene rings is 2. The molecule has 0 aliphatic carbocycles. The summed E-state index contributed by atoms with van der Waals surface area (Å²) in [6.45, 7) is 4.60. The molecular weight excluding hydrogens is 322 g/mol. The lowest BCUT2D eigenvalue weighted by molar-refractivity contribution is 0.0947. The first-order valence-corrected chi connectivity index (χ1v) is 8.68. The van der Waals surface area contributed by atoms with Crippen LogP contribution in [0.3, 0.4) is 0 Å². The van der Waals surface area contributed by atoms with Crippen molar-refractivity contribution in [1.29, 1.82) is 0 Å². The standard InChI is InChI=1S/C19H23NO3S/c1-13(2)24-17-11-6-5-9-15(17)19(21)20-12-14-8-7-10-16(22-3)18(14)23-4/h5-11,13H,12H2,1-4H3,(H,20,21). The number of para-hydroxylation sites is 1. The number of thioether (sulfide) groups is 1. The van der Waals surface area contributed by atoms with Crippen LogP contribution in [0.25, 0.3) is 0 Å². The minimum absolute atomic E-state index is 0.0939. The number of carbonyl (C=O) groups excluding carboxylic acids is 1. The van der Waals surface area contributed by atoms with Crippen LogP contribution in [-0.2, 0) is 6.54 Å². The summed E-state index contributed by atoms with van der Waals surface area (Å²) in [5.41, 5.74) is 1.57. The first-order valence-electron chi connectivity index (χ1n) is 7.80. The van der Waals surface area contributed by atoms with E-state index in [4.69, 9.17) is 9.47 Å². The highest BCUT2D eigenvalue weighted by atomic mass is 32.2. The van der Waals surface area contributed by atoms with E-state index in [2.05, 4.69) is 19.2 Å². The van der Waals surface area contributed by atoms with Gasteiger partial charge in [-0.05, 0) is 18.2 Å². The van der Waals surface area contributed by atoms with Gasteiger partial charge in [-0.2, -0.15) is 0 Å². The molecule has 1 N–H and O–H groups in total. The highest BCUT2D eigenvalue weighted by Crippen LogP contribution is 2.31. The van der Waals surface area contributed by atoms with Gasteiger partial charge in [0.05, 0.1) is 19.8 Å². The van der Waals surface area contributed by atoms with Gasteiger partial charge in [0.1, 0.15) is 0 Å². The molecule has 0 atom stereocenters. The average Bonchev–Trinajstić information content (AvgIpc) is 2.59. The Labute approximate surface area is 147 Å². The normalized spacial score (nSPS) is 10.5. The molecule has 0 saturated carbocycles. The third-order valence-corrected chi connectivity index (χ3v) is 4.50. The van der Waals surface area contributed by atoms with Gasteiger partial charge >= 0.3 is 0 Å². The van der Waals surface area contributed by atoms with Gasteiger partial charge in [-0.15, -0.1) is 11.8 Å². The zero-order valence-corrected chi connectivity index (χ0v) is 15.3. The lowest BCUT2D eigenvalue weighted by Crippen LogP contribution is -2.23. The molecule has 0 aliphatic heterocycles. The highest BCUT2D eigenvalue weighted by molar-refractivity contribution is 8.00. The van der Waals surface area contributed by atoms with Crippen LogP contribution in [0.4, 0.5) is 0 Å². The quantitative estimate of drug-likeness (QED) is 0.766. The Bertz CT molecular complexity index is 701. The maximum absolute atomic E-state index is 12.6. The number of hydrogen-bond donors (Lipinski definition) is 1. The molecule has 128 valence electrons. The van der Waals surface area contributed by atoms with Crippen LogP contribution >= 0.6 is 11.8 Å². The van der Waals surface area contributed by atoms with E-state index in [-0.39, 0.29) is 5.91 Å². The van der Waals surface area contributed by atoms with Crippen molar-refractivity contribution < 1.29 is 14.3 Å². The zero-order valence-electron chi connectivity index (χ0n) is 14.5. The fraction of sp³-hybridized carbons (Fsp3) is 0.316. The second-order valence-electron chi connectivity index (χ2n) is 5.50. The van der Waals surface area contributed by atoms with Gasteiger partial charge < -0.3 is 14.8 Å². The molecule has 0 aromatic heterocycles. The molecule has 1 amide bonds. The summed E-state index contributed by atoms with van der Waals surface area (Å²) in [5.74, 6) is 1.20. The van der Waals surface area contributed by atoms with Gasteiger partial charge in [-0.3, -0.25) is 4.79 Å². The topological polar surface area (TPSA) is 47.6 Å². The van der Waals surface area contributed by atoms with E-state index in [1.807, 2.05) is 42.5 Å². The van der Waals surface area contributed by atoms with Crippen LogP contribution in [0.1, 0.15) is 29.8 Å². The summed E-state index contributed by atoms with van der Waals surface area (Å²) in [5, 5.41) is 3.38. The van der Waals surface area contributed by atoms with Gasteiger partial charge in [-0.25, -0.2) is 0 Å². The summed E-state index contributed by atoms with van der Waals surface area (Å²) >= 11 is 1.68. The molecule has 0 fully saturated rings. The van der Waals surface area contributed by atoms with Crippen LogP contribution in [0.2, 0.25) is 0 Å². The van der Waals surface area contributed by atoms with Crippen molar-refractivity contribution in [3.63, 3.8) is 0 Å². The van der Waals surface area contributed by atoms with Gasteiger partial charge in [0.2, 0.25) is 0 Å². The van der Waals surface area contributed by atoms with Crippen molar-refractivity contribution in [1.82, 2.24) is 5.32 Å². The number of methoxy groups -OCH3 is 2. The molecular formula is C19H23NO3S. The average molecular weight is 345 g/mol. The summed E-state index contributed by atoms with van der Waals surface area (Å²) in [6.07, 6.45) is 0. The van der Waals surface area contributed by atoms with E-state index in [1.54, 1.807) is 26.0 Å². The summed E-state index contributed by atoms with van der Waals surface area (Å²) < 4.78 is 10.7. The SMILES string of the molecule is COc1cccc(CNC(=O)c2ccccc2SC(C)C)c1OC. The van der Waals surface area contributed by atoms with Gasteiger partial charge in [0.25, 0.3) is 5.91 Å². The largest absolute Gasteiger partial charge is 0.493 e. The zero-order chi connectivity index (χ0) is 17.5. The first-order chi connectivity index (χ1) is 11.6. The Hall–Kier alpha value is -2.14. The van der Waals surface area contributed by atoms with Crippen molar-refractivity contribution in [2.75, 3.05) is 14.2 Å². The monoisotopic (exact) mass is 345 g/mol. The number of ether oxygens (including phenoxy) is 2. The highest BCUT2D eigenvalue weighted by Gasteiger charge is 2.14. The maximum atomic E-state index is 12.6. The van der Waals surface area contributed by atoms with E-state index in [1.165, 1.54) is 0 Å². The maximum Gasteiger partial charge on any atom is 0.252 e. The minimum atomic E-state index is -0.0939. The fourth-order valence-corrected chi connectivity index (χ4v) is 3.33. The third-order valence-electron chi connectivity index (χ3n) is 3.42. The third kappa shape index (κ3) is 4.45. The van der Waals surface area contributed by atoms with Gasteiger partial charge in [0, 0.05) is 22.3 Å². The van der Waals surface area contributed by atoms with Crippen molar-refractivity contribution in [3.8, 4) is 11.5 Å². The van der Waals surface area contributed by atoms with E-state index in [9.17, 15) is 4.79 Å². The van der Waals surface area contributed by atoms with Crippen LogP contribution in [0.15, 0.2) is 47.4 Å². The molecule has 2 aromatic rings. The molecule has 2 aromatic carbocycles. The van der Waals surface area contributed by atoms with Crippen LogP contribution in [0.5, 0.6) is 11.5 Å². The number of nitrogens with one attached hydrogen (secondary N) is 1. The Kier molecular flexibility index (Phi) is 6.55. The lowest BCUT2D eigenvalue weighted by Gasteiger charge is -2.14. The molecule has 4 nitrogen and oxygen atoms in total. The molecule has 0 bridgehead atoms. The van der Waals surface area contributed by atoms with Gasteiger partial charge in [-0.1, -0.05) is 38.1 Å². The van der Waals surface area contributed by atoms with Crippen molar-refractivity contribution in [2.45, 2.75) is 30.5 Å². The predicted octanol–water partition coefficient (Wildman–Crippen LogP) is 4.13. The van der Waals surface area contributed by atoms with Crippen LogP contribution in [0, 0.1) is 0 Å². The van der Waals surface area contributed by atoms with E-state index < -0.39 is 0 Å². The smallest absolute Gasteiger partial charge is 0.252 e. The molecule has 24 heavy (non-hydrogen) atoms. The van der Waals surface area contributed by atoms with Crippen molar-refractivity contribution in [2.24, 2.45) is 0 Å².